The van der Waals surface area contributed by atoms with Crippen molar-refractivity contribution in [3.05, 3.63) is 11.6 Å². The van der Waals surface area contributed by atoms with E-state index in [1.807, 2.05) is 13.8 Å². The van der Waals surface area contributed by atoms with E-state index in [0.29, 0.717) is 6.61 Å². The summed E-state index contributed by atoms with van der Waals surface area (Å²) in [4.78, 5) is 10.8. The van der Waals surface area contributed by atoms with E-state index in [1.54, 1.807) is 6.92 Å². The lowest BCUT2D eigenvalue weighted by atomic mass is 10.2. The highest BCUT2D eigenvalue weighted by atomic mass is 16.5. The van der Waals surface area contributed by atoms with Gasteiger partial charge in [0, 0.05) is 0 Å². The largest absolute Gasteiger partial charge is 0.461 e. The summed E-state index contributed by atoms with van der Waals surface area (Å²) >= 11 is 0. The molecule has 0 unspecified atom stereocenters. The Morgan fingerprint density at radius 2 is 2.09 bits per heavy atom. The molecule has 0 atom stereocenters. The molecule has 3 heteroatoms. The first-order chi connectivity index (χ1) is 5.07. The summed E-state index contributed by atoms with van der Waals surface area (Å²) < 4.78 is 4.60. The molecule has 0 aromatic heterocycles. The average molecular weight is 155 g/mol. The van der Waals surface area contributed by atoms with Crippen molar-refractivity contribution in [2.24, 2.45) is 0 Å². The van der Waals surface area contributed by atoms with Gasteiger partial charge in [-0.15, -0.1) is 0 Å². The number of hydrogen-bond acceptors (Lipinski definition) is 3. The number of carbonyl (C=O) groups is 1. The molecule has 0 radical (unpaired) electrons. The molecule has 0 saturated heterocycles. The maximum atomic E-state index is 10.8. The van der Waals surface area contributed by atoms with Gasteiger partial charge in [0.15, 0.2) is 0 Å². The number of rotatable bonds is 3. The fourth-order valence-electron chi connectivity index (χ4n) is 0.556. The highest BCUT2D eigenvalue weighted by Crippen LogP contribution is 1.91. The zero-order chi connectivity index (χ0) is 8.85. The van der Waals surface area contributed by atoms with Crippen molar-refractivity contribution in [3.8, 4) is 0 Å². The molecule has 0 saturated carbocycles. The minimum absolute atomic E-state index is 0.0909. The Hall–Kier alpha value is -1.12. The molecule has 0 aliphatic heterocycles. The summed E-state index contributed by atoms with van der Waals surface area (Å²) in [7, 11) is 0. The molecule has 0 spiro atoms. The van der Waals surface area contributed by atoms with Crippen LogP contribution >= 0.6 is 0 Å². The van der Waals surface area contributed by atoms with Crippen molar-refractivity contribution in [2.75, 3.05) is 6.61 Å². The van der Waals surface area contributed by atoms with Crippen LogP contribution in [0.2, 0.25) is 0 Å². The summed E-state index contributed by atoms with van der Waals surface area (Å²) in [6.45, 7) is 5.69. The van der Waals surface area contributed by atoms with Crippen LogP contribution in [-0.4, -0.2) is 18.3 Å². The molecule has 0 aromatic carbocycles. The van der Waals surface area contributed by atoms with Crippen LogP contribution in [0.1, 0.15) is 20.8 Å². The Bertz CT molecular complexity index is 190. The van der Waals surface area contributed by atoms with Gasteiger partial charge in [-0.1, -0.05) is 5.57 Å². The second kappa shape index (κ2) is 4.66. The predicted molar refractivity (Wildman–Crippen MR) is 43.8 cm³/mol. The van der Waals surface area contributed by atoms with E-state index in [1.165, 1.54) is 6.08 Å². The highest BCUT2D eigenvalue weighted by molar-refractivity contribution is 6.39. The van der Waals surface area contributed by atoms with Crippen LogP contribution in [-0.2, 0) is 9.53 Å². The summed E-state index contributed by atoms with van der Waals surface area (Å²) in [5.41, 5.74) is 0.829. The van der Waals surface area contributed by atoms with Gasteiger partial charge < -0.3 is 4.74 Å². The molecule has 0 amide bonds. The van der Waals surface area contributed by atoms with E-state index in [0.717, 1.165) is 5.57 Å². The maximum absolute atomic E-state index is 10.8. The van der Waals surface area contributed by atoms with E-state index in [2.05, 4.69) is 4.74 Å². The van der Waals surface area contributed by atoms with Crippen molar-refractivity contribution in [1.82, 2.24) is 0 Å². The number of allylic oxidation sites excluding steroid dienone is 1. The van der Waals surface area contributed by atoms with Gasteiger partial charge in [-0.3, -0.25) is 5.41 Å². The molecule has 1 N–H and O–H groups in total. The summed E-state index contributed by atoms with van der Waals surface area (Å²) in [6, 6.07) is 0. The molecule has 0 aliphatic rings. The maximum Gasteiger partial charge on any atom is 0.356 e. The SMILES string of the molecule is CCOC(=O)C(=N)C=C(C)C. The van der Waals surface area contributed by atoms with Gasteiger partial charge in [-0.05, 0) is 26.8 Å². The molecule has 0 heterocycles. The molecule has 3 nitrogen and oxygen atoms in total. The van der Waals surface area contributed by atoms with Gasteiger partial charge in [-0.25, -0.2) is 4.79 Å². The van der Waals surface area contributed by atoms with Gasteiger partial charge in [0.25, 0.3) is 0 Å². The number of carbonyl (C=O) groups excluding carboxylic acids is 1. The standard InChI is InChI=1S/C8H13NO2/c1-4-11-8(10)7(9)5-6(2)3/h5,9H,4H2,1-3H3. The highest BCUT2D eigenvalue weighted by Gasteiger charge is 2.05. The van der Waals surface area contributed by atoms with E-state index < -0.39 is 5.97 Å². The Balaban J connectivity index is 4.05. The molecule has 0 fully saturated rings. The van der Waals surface area contributed by atoms with Gasteiger partial charge in [0.2, 0.25) is 0 Å². The van der Waals surface area contributed by atoms with Crippen molar-refractivity contribution in [2.45, 2.75) is 20.8 Å². The minimum Gasteiger partial charge on any atom is -0.461 e. The summed E-state index contributed by atoms with van der Waals surface area (Å²) in [5.74, 6) is -0.561. The van der Waals surface area contributed by atoms with Crippen LogP contribution in [0.25, 0.3) is 0 Å². The molecule has 11 heavy (non-hydrogen) atoms. The minimum atomic E-state index is -0.561. The second-order valence-electron chi connectivity index (χ2n) is 2.36. The normalized spacial score (nSPS) is 8.64. The van der Waals surface area contributed by atoms with Gasteiger partial charge in [0.05, 0.1) is 6.61 Å². The van der Waals surface area contributed by atoms with Crippen LogP contribution in [0.5, 0.6) is 0 Å². The van der Waals surface area contributed by atoms with Gasteiger partial charge in [-0.2, -0.15) is 0 Å². The Morgan fingerprint density at radius 3 is 2.45 bits per heavy atom. The molecule has 62 valence electrons. The second-order valence-corrected chi connectivity index (χ2v) is 2.36. The van der Waals surface area contributed by atoms with Gasteiger partial charge in [0.1, 0.15) is 5.71 Å². The molecular weight excluding hydrogens is 142 g/mol. The first-order valence-electron chi connectivity index (χ1n) is 3.48. The van der Waals surface area contributed by atoms with E-state index in [-0.39, 0.29) is 5.71 Å². The zero-order valence-corrected chi connectivity index (χ0v) is 7.10. The number of esters is 1. The lowest BCUT2D eigenvalue weighted by Gasteiger charge is -1.98. The van der Waals surface area contributed by atoms with Gasteiger partial charge >= 0.3 is 5.97 Å². The number of hydrogen-bond donors (Lipinski definition) is 1. The third-order valence-electron chi connectivity index (χ3n) is 0.928. The van der Waals surface area contributed by atoms with E-state index >= 15 is 0 Å². The van der Waals surface area contributed by atoms with Crippen LogP contribution in [0.3, 0.4) is 0 Å². The topological polar surface area (TPSA) is 50.2 Å². The molecule has 0 aromatic rings. The van der Waals surface area contributed by atoms with Crippen LogP contribution < -0.4 is 0 Å². The fraction of sp³-hybridized carbons (Fsp3) is 0.500. The lowest BCUT2D eigenvalue weighted by Crippen LogP contribution is -2.14. The van der Waals surface area contributed by atoms with Crippen molar-refractivity contribution < 1.29 is 9.53 Å². The molecular formula is C8H13NO2. The first-order valence-corrected chi connectivity index (χ1v) is 3.48. The third kappa shape index (κ3) is 4.31. The van der Waals surface area contributed by atoms with E-state index in [9.17, 15) is 4.79 Å². The first kappa shape index (κ1) is 9.88. The predicted octanol–water partition coefficient (Wildman–Crippen LogP) is 1.54. The van der Waals surface area contributed by atoms with Crippen molar-refractivity contribution >= 4 is 11.7 Å². The Labute approximate surface area is 66.6 Å². The van der Waals surface area contributed by atoms with Crippen LogP contribution in [0.15, 0.2) is 11.6 Å². The number of nitrogens with one attached hydrogen (secondary N) is 1. The molecule has 0 rings (SSSR count). The fourth-order valence-corrected chi connectivity index (χ4v) is 0.556. The van der Waals surface area contributed by atoms with Crippen LogP contribution in [0, 0.1) is 5.41 Å². The summed E-state index contributed by atoms with van der Waals surface area (Å²) in [6.07, 6.45) is 1.48. The van der Waals surface area contributed by atoms with Crippen molar-refractivity contribution in [3.63, 3.8) is 0 Å². The average Bonchev–Trinajstić information content (AvgIpc) is 1.86. The molecule has 0 aliphatic carbocycles. The smallest absolute Gasteiger partial charge is 0.356 e. The third-order valence-corrected chi connectivity index (χ3v) is 0.928. The molecule has 0 bridgehead atoms. The van der Waals surface area contributed by atoms with E-state index in [4.69, 9.17) is 5.41 Å². The van der Waals surface area contributed by atoms with Crippen molar-refractivity contribution in [1.29, 1.82) is 5.41 Å². The quantitative estimate of drug-likeness (QED) is 0.496. The number of ether oxygens (including phenoxy) is 1. The summed E-state index contributed by atoms with van der Waals surface area (Å²) in [5, 5.41) is 7.18. The Morgan fingerprint density at radius 1 is 1.55 bits per heavy atom. The lowest BCUT2D eigenvalue weighted by molar-refractivity contribution is -0.135. The monoisotopic (exact) mass is 155 g/mol. The Kier molecular flexibility index (Phi) is 4.18. The zero-order valence-electron chi connectivity index (χ0n) is 7.10. The van der Waals surface area contributed by atoms with Crippen LogP contribution in [0.4, 0.5) is 0 Å².